The van der Waals surface area contributed by atoms with E-state index < -0.39 is 64.8 Å². The van der Waals surface area contributed by atoms with E-state index >= 15 is 0 Å². The third-order valence-electron chi connectivity index (χ3n) is 18.1. The minimum Gasteiger partial charge on any atom is -0.474 e. The number of hydrogen-bond acceptors (Lipinski definition) is 25. The van der Waals surface area contributed by atoms with Gasteiger partial charge in [0.25, 0.3) is 16.7 Å². The van der Waals surface area contributed by atoms with Crippen molar-refractivity contribution in [2.24, 2.45) is 0 Å². The summed E-state index contributed by atoms with van der Waals surface area (Å²) < 4.78 is 92.2. The molecule has 0 radical (unpaired) electrons. The molecule has 1 saturated heterocycles. The number of nitrogens with one attached hydrogen (secondary N) is 1. The Balaban J connectivity index is 0.000000261. The second-order valence-electron chi connectivity index (χ2n) is 29.1. The maximum atomic E-state index is 14.3. The average molecular weight is 2370 g/mol. The summed E-state index contributed by atoms with van der Waals surface area (Å²) in [6.07, 6.45) is 10.7. The number of nitrogens with two attached hydrogens (primary N) is 2. The monoisotopic (exact) mass is 2370 g/mol. The van der Waals surface area contributed by atoms with E-state index in [4.69, 9.17) is 55.6 Å². The average Bonchev–Trinajstić information content (AvgIpc) is 1.70. The van der Waals surface area contributed by atoms with Crippen LogP contribution in [0.25, 0.3) is 66.9 Å². The zero-order chi connectivity index (χ0) is 89.8. The number of hydrogen-bond donors (Lipinski definition) is 3. The topological polar surface area (TPSA) is 421 Å². The van der Waals surface area contributed by atoms with Gasteiger partial charge in [0, 0.05) is 104 Å². The first-order valence-corrected chi connectivity index (χ1v) is 41.1. The van der Waals surface area contributed by atoms with E-state index in [-0.39, 0.29) is 143 Å². The van der Waals surface area contributed by atoms with E-state index in [9.17, 15) is 42.5 Å². The third kappa shape index (κ3) is 25.0. The molecule has 127 heavy (non-hydrogen) atoms. The number of nitriles is 4. The Morgan fingerprint density at radius 1 is 0.520 bits per heavy atom. The van der Waals surface area contributed by atoms with Crippen molar-refractivity contribution < 1.29 is 83.2 Å². The number of alkyl halides is 1. The molecule has 5 N–H and O–H groups in total. The summed E-state index contributed by atoms with van der Waals surface area (Å²) in [5, 5.41) is 46.5. The van der Waals surface area contributed by atoms with Crippen LogP contribution in [-0.2, 0) is 51.4 Å². The number of rotatable bonds is 14. The predicted octanol–water partition coefficient (Wildman–Crippen LogP) is 16.5. The van der Waals surface area contributed by atoms with Crippen LogP contribution in [0.2, 0.25) is 0 Å². The molecule has 2 atom stereocenters. The fraction of sp³-hybridized carbons (Fsp3) is 0.256. The van der Waals surface area contributed by atoms with Crippen molar-refractivity contribution in [3.63, 3.8) is 0 Å². The van der Waals surface area contributed by atoms with Crippen molar-refractivity contribution in [1.82, 2.24) is 78.2 Å². The van der Waals surface area contributed by atoms with Crippen LogP contribution in [0.4, 0.5) is 29.2 Å². The molecule has 14 aromatic rings. The molecule has 0 saturated carbocycles. The number of H-pyrrole nitrogens is 1. The smallest absolute Gasteiger partial charge is 0.474 e. The van der Waals surface area contributed by atoms with Crippen molar-refractivity contribution >= 4 is 128 Å². The molecule has 30 nitrogen and oxygen atoms in total. The number of pyridine rings is 6. The van der Waals surface area contributed by atoms with Gasteiger partial charge in [-0.05, 0) is 221 Å². The molecule has 0 amide bonds. The van der Waals surface area contributed by atoms with Crippen molar-refractivity contribution in [3.8, 4) is 75.4 Å². The number of fused-ring (bicyclic) bond motifs is 4. The molecule has 1 aliphatic rings. The minimum atomic E-state index is -0.765. The minimum absolute atomic E-state index is 0. The van der Waals surface area contributed by atoms with Crippen LogP contribution in [0.3, 0.4) is 0 Å². The summed E-state index contributed by atoms with van der Waals surface area (Å²) in [6.45, 7) is 26.9. The maximum absolute atomic E-state index is 14.3. The standard InChI is InChI=1S/C30H23F2N9O2.C21H14F2IN7O.C15H21BN2O3.C9H9BrN2O.C6H3BrN2O.C3H7Br.2CH3.2W/c1-15(2)43-29-18(11-33)9-19(12-35-29)26-24-27(34)36-14-37-28(24)41(39-26)16(3)25-23(17-5-4-6-20(31)10-17)30(42)40-13-21(32)7-8-22(40)38-25;1-10(31-20-16(18(24)29-31)19(25)26-9-27-20)17-15(11-3-2-4-12(22)7-11)21(32)30-8-13(23)5-6-14(30)28-17;1-10(2)19-13-11(8-17)7-12(9-18-13)16-20-14(3,4)15(5,6)21-16;1-6(2)13-9-7(4-11)3-8(10)5-12-9;7-5-1-4(2-8)6(10)9-3-5;1-3(2)4;;;;/h4-10,12-16H,1-3H3,(H2,34,36,37);2-10H,1H3,(H2,25,26,27);7,9-10H,1-6H3;3,5-6H,1-2H3;1,3H,(H,9,10);3H,1-2H3;2*1H3;;/q;;;;;;2*-1;;/t16-;;;;;;;;;/m0........./s1. The van der Waals surface area contributed by atoms with Crippen LogP contribution in [0, 0.1) is 87.1 Å². The largest absolute Gasteiger partial charge is 0.496 e. The fourth-order valence-electron chi connectivity index (χ4n) is 11.9. The third-order valence-corrected chi connectivity index (χ3v) is 19.8. The quantitative estimate of drug-likeness (QED) is 0.0299. The molecule has 13 heterocycles. The molecule has 12 aromatic heterocycles. The van der Waals surface area contributed by atoms with Crippen molar-refractivity contribution in [2.75, 3.05) is 11.5 Å². The molecule has 41 heteroatoms. The summed E-state index contributed by atoms with van der Waals surface area (Å²) in [5.74, 6) is -0.966. The van der Waals surface area contributed by atoms with E-state index in [1.54, 1.807) is 67.3 Å². The number of nitrogens with zero attached hydrogens (tertiary/aromatic N) is 19. The first-order chi connectivity index (χ1) is 58.3. The van der Waals surface area contributed by atoms with E-state index in [1.807, 2.05) is 97.9 Å². The number of nitrogen functional groups attached to an aromatic ring is 2. The molecule has 0 bridgehead atoms. The van der Waals surface area contributed by atoms with Crippen LogP contribution in [0.15, 0.2) is 170 Å². The summed E-state index contributed by atoms with van der Waals surface area (Å²) in [5.41, 5.74) is 15.3. The number of aromatic amines is 1. The van der Waals surface area contributed by atoms with Crippen molar-refractivity contribution in [2.45, 2.75) is 143 Å². The van der Waals surface area contributed by atoms with Crippen LogP contribution >= 0.6 is 70.4 Å². The summed E-state index contributed by atoms with van der Waals surface area (Å²) >= 11 is 11.7. The van der Waals surface area contributed by atoms with Crippen LogP contribution in [-0.4, -0.2) is 120 Å². The van der Waals surface area contributed by atoms with Gasteiger partial charge in [0.05, 0.1) is 74.9 Å². The van der Waals surface area contributed by atoms with Gasteiger partial charge >= 0.3 is 7.12 Å². The van der Waals surface area contributed by atoms with E-state index in [0.29, 0.717) is 80.5 Å². The Hall–Kier alpha value is -11.1. The Morgan fingerprint density at radius 3 is 1.37 bits per heavy atom. The van der Waals surface area contributed by atoms with Crippen LogP contribution < -0.4 is 47.8 Å². The summed E-state index contributed by atoms with van der Waals surface area (Å²) in [6, 6.07) is 29.4. The van der Waals surface area contributed by atoms with Gasteiger partial charge in [-0.1, -0.05) is 54.0 Å². The first-order valence-electron chi connectivity index (χ1n) is 37.5. The molecule has 0 spiro atoms. The van der Waals surface area contributed by atoms with Gasteiger partial charge in [-0.3, -0.25) is 23.2 Å². The number of halogens is 8. The molecule has 2 aromatic carbocycles. The Labute approximate surface area is 796 Å². The molecule has 1 aliphatic heterocycles. The predicted molar refractivity (Wildman–Crippen MR) is 486 cm³/mol. The first kappa shape index (κ1) is 105. The Kier molecular flexibility index (Phi) is 37.5. The summed E-state index contributed by atoms with van der Waals surface area (Å²) in [7, 11) is -0.525. The number of anilines is 2. The summed E-state index contributed by atoms with van der Waals surface area (Å²) in [4.78, 5) is 79.7. The number of benzene rings is 2. The van der Waals surface area contributed by atoms with E-state index in [2.05, 4.69) is 124 Å². The second-order valence-corrected chi connectivity index (χ2v) is 33.8. The van der Waals surface area contributed by atoms with Gasteiger partial charge in [-0.2, -0.15) is 31.2 Å². The Bertz CT molecular complexity index is 6680. The number of aromatic nitrogens is 16. The van der Waals surface area contributed by atoms with Crippen molar-refractivity contribution in [3.05, 3.63) is 262 Å². The number of ether oxygens (including phenoxy) is 3. The molecular weight excluding hydrogens is 2290 g/mol. The zero-order valence-electron chi connectivity index (χ0n) is 71.2. The zero-order valence-corrected chi connectivity index (χ0v) is 83.9. The van der Waals surface area contributed by atoms with Gasteiger partial charge < -0.3 is 54.8 Å². The Morgan fingerprint density at radius 2 is 0.929 bits per heavy atom. The molecular formula is C86H83BBr3F4IN22O8W2-2. The van der Waals surface area contributed by atoms with Gasteiger partial charge in [-0.25, -0.2) is 71.8 Å². The van der Waals surface area contributed by atoms with Gasteiger partial charge in [-0.15, -0.1) is 0 Å². The molecule has 1 unspecified atom stereocenters. The fourth-order valence-corrected chi connectivity index (χ4v) is 13.4. The molecule has 15 rings (SSSR count). The van der Waals surface area contributed by atoms with Gasteiger partial charge in [0.15, 0.2) is 11.3 Å². The molecule has 0 aliphatic carbocycles. The molecule has 658 valence electrons. The van der Waals surface area contributed by atoms with Crippen LogP contribution in [0.1, 0.15) is 143 Å². The second kappa shape index (κ2) is 45.5. The van der Waals surface area contributed by atoms with E-state index in [1.165, 1.54) is 96.5 Å². The van der Waals surface area contributed by atoms with Gasteiger partial charge in [0.2, 0.25) is 17.6 Å². The maximum Gasteiger partial charge on any atom is 0.496 e. The molecule has 1 fully saturated rings. The van der Waals surface area contributed by atoms with Gasteiger partial charge in [0.1, 0.15) is 115 Å². The normalized spacial score (nSPS) is 12.5. The van der Waals surface area contributed by atoms with E-state index in [0.717, 1.165) is 31.1 Å². The van der Waals surface area contributed by atoms with Crippen LogP contribution in [0.5, 0.6) is 17.6 Å². The SMILES string of the molecule is CC(C)Br.CC(C)Oc1ncc(-c2nn([C@@H](C)c3nc4ccc(F)cn4c(=O)c3-c3cccc(F)c3)c3ncnc(N)c23)cc1C#N.CC(C)Oc1ncc(B2OC(C)(C)C(C)(C)O2)cc1C#N.CC(C)Oc1ncc(Br)cc1C#N.CC(c1nc2ccc(F)cn2c(=O)c1-c1cccc(F)c1)n1nc(I)c2c(N)ncnc21.N#Cc1cc(Br)c[nH]c1=O.[CH3-].[CH3-].[W].[W]. The van der Waals surface area contributed by atoms with Crippen molar-refractivity contribution in [1.29, 1.82) is 21.0 Å².